The fourth-order valence-corrected chi connectivity index (χ4v) is 3.45. The molecule has 4 rings (SSSR count). The summed E-state index contributed by atoms with van der Waals surface area (Å²) in [5.41, 5.74) is 7.91. The summed E-state index contributed by atoms with van der Waals surface area (Å²) < 4.78 is 0. The molecular weight excluding hydrogens is 338 g/mol. The van der Waals surface area contributed by atoms with Gasteiger partial charge in [-0.05, 0) is 28.8 Å². The van der Waals surface area contributed by atoms with E-state index in [1.807, 2.05) is 24.3 Å². The maximum Gasteiger partial charge on any atom is 0.150 e. The van der Waals surface area contributed by atoms with Crippen LogP contribution in [-0.2, 0) is 6.42 Å². The first kappa shape index (κ1) is 16.5. The average Bonchev–Trinajstić information content (AvgIpc) is 3.12. The van der Waals surface area contributed by atoms with Crippen LogP contribution in [0.1, 0.15) is 5.56 Å². The van der Waals surface area contributed by atoms with Crippen molar-refractivity contribution in [3.8, 4) is 11.1 Å². The highest BCUT2D eigenvalue weighted by atomic mass is 32.1. The predicted molar refractivity (Wildman–Crippen MR) is 113 cm³/mol. The molecule has 3 aromatic carbocycles. The van der Waals surface area contributed by atoms with Gasteiger partial charge in [-0.3, -0.25) is 5.43 Å². The number of nitrogens with one attached hydrogen (secondary N) is 1. The van der Waals surface area contributed by atoms with Crippen LogP contribution in [0.2, 0.25) is 0 Å². The van der Waals surface area contributed by atoms with E-state index in [-0.39, 0.29) is 6.17 Å². The first-order valence-electron chi connectivity index (χ1n) is 8.62. The minimum absolute atomic E-state index is 0.105. The topological polar surface area (TPSA) is 27.6 Å². The first-order valence-corrected chi connectivity index (χ1v) is 9.09. The van der Waals surface area contributed by atoms with E-state index in [1.165, 1.54) is 16.7 Å². The van der Waals surface area contributed by atoms with Crippen molar-refractivity contribution in [2.45, 2.75) is 12.6 Å². The zero-order valence-electron chi connectivity index (χ0n) is 14.2. The number of hydrogen-bond donors (Lipinski definition) is 1. The molecule has 3 aromatic rings. The monoisotopic (exact) mass is 357 g/mol. The smallest absolute Gasteiger partial charge is 0.150 e. The molecule has 1 aliphatic heterocycles. The summed E-state index contributed by atoms with van der Waals surface area (Å²) in [6.07, 6.45) is 0.624. The molecule has 0 radical (unpaired) electrons. The largest absolute Gasteiger partial charge is 0.301 e. The van der Waals surface area contributed by atoms with Gasteiger partial charge in [0.05, 0.1) is 0 Å². The molecule has 1 aliphatic rings. The van der Waals surface area contributed by atoms with Crippen LogP contribution in [0.15, 0.2) is 90.0 Å². The maximum atomic E-state index is 5.21. The normalized spacial score (nSPS) is 16.1. The van der Waals surface area contributed by atoms with Crippen LogP contribution < -0.4 is 10.3 Å². The van der Waals surface area contributed by atoms with Gasteiger partial charge in [0.25, 0.3) is 0 Å². The second-order valence-corrected chi connectivity index (χ2v) is 6.42. The van der Waals surface area contributed by atoms with E-state index in [0.717, 1.165) is 17.9 Å². The van der Waals surface area contributed by atoms with E-state index in [0.29, 0.717) is 0 Å². The lowest BCUT2D eigenvalue weighted by Crippen LogP contribution is -2.41. The Bertz CT molecular complexity index is 922. The lowest BCUT2D eigenvalue weighted by molar-refractivity contribution is 0.734. The van der Waals surface area contributed by atoms with Crippen molar-refractivity contribution in [1.29, 1.82) is 0 Å². The Morgan fingerprint density at radius 1 is 0.885 bits per heavy atom. The van der Waals surface area contributed by atoms with Gasteiger partial charge in [0.15, 0.2) is 0 Å². The molecular formula is C22H19N3S. The number of nitrogens with zero attached hydrogens (tertiary/aromatic N) is 2. The Morgan fingerprint density at radius 3 is 2.27 bits per heavy atom. The quantitative estimate of drug-likeness (QED) is 0.674. The summed E-state index contributed by atoms with van der Waals surface area (Å²) in [6.45, 7) is 0. The fraction of sp³-hybridized carbons (Fsp3) is 0.0909. The third kappa shape index (κ3) is 3.24. The summed E-state index contributed by atoms with van der Waals surface area (Å²) in [5, 5.41) is 6.29. The van der Waals surface area contributed by atoms with Gasteiger partial charge in [-0.25, -0.2) is 0 Å². The molecule has 0 aliphatic carbocycles. The van der Waals surface area contributed by atoms with Crippen LogP contribution in [0.4, 0.5) is 5.69 Å². The van der Waals surface area contributed by atoms with Crippen molar-refractivity contribution in [3.63, 3.8) is 0 Å². The zero-order chi connectivity index (χ0) is 17.8. The molecule has 0 fully saturated rings. The average molecular weight is 357 g/mol. The number of para-hydroxylation sites is 1. The summed E-state index contributed by atoms with van der Waals surface area (Å²) in [5.74, 6) is 0.964. The number of hydrogen-bond acceptors (Lipinski definition) is 4. The Hall–Kier alpha value is -2.98. The molecule has 0 amide bonds. The van der Waals surface area contributed by atoms with Crippen LogP contribution in [-0.4, -0.2) is 17.4 Å². The van der Waals surface area contributed by atoms with Crippen molar-refractivity contribution in [2.24, 2.45) is 5.10 Å². The summed E-state index contributed by atoms with van der Waals surface area (Å²) >= 11 is 5.21. The van der Waals surface area contributed by atoms with Gasteiger partial charge >= 0.3 is 0 Å². The molecule has 0 saturated heterocycles. The van der Waals surface area contributed by atoms with Gasteiger partial charge in [-0.2, -0.15) is 5.10 Å². The number of rotatable bonds is 5. The van der Waals surface area contributed by atoms with Crippen LogP contribution >= 0.6 is 12.2 Å². The Kier molecular flexibility index (Phi) is 4.75. The standard InChI is InChI=1S/C22H19N3S/c26-16-22-24-23-21(25(22)19-12-5-2-6-13-19)15-18-11-7-8-14-20(18)17-9-3-1-4-10-17/h1-14,16,22,24H,15H2. The number of benzene rings is 3. The minimum Gasteiger partial charge on any atom is -0.301 e. The van der Waals surface area contributed by atoms with E-state index in [4.69, 9.17) is 12.2 Å². The lowest BCUT2D eigenvalue weighted by Gasteiger charge is -2.25. The van der Waals surface area contributed by atoms with Gasteiger partial charge in [0.1, 0.15) is 12.0 Å². The van der Waals surface area contributed by atoms with E-state index in [2.05, 4.69) is 76.1 Å². The zero-order valence-corrected chi connectivity index (χ0v) is 15.1. The number of anilines is 1. The van der Waals surface area contributed by atoms with Gasteiger partial charge in [0.2, 0.25) is 0 Å². The van der Waals surface area contributed by atoms with E-state index in [1.54, 1.807) is 5.37 Å². The van der Waals surface area contributed by atoms with Crippen LogP contribution in [0.25, 0.3) is 11.1 Å². The lowest BCUT2D eigenvalue weighted by atomic mass is 9.97. The molecule has 0 bridgehead atoms. The Balaban J connectivity index is 1.68. The molecule has 1 heterocycles. The van der Waals surface area contributed by atoms with Crippen LogP contribution in [0.5, 0.6) is 0 Å². The van der Waals surface area contributed by atoms with Gasteiger partial charge in [0, 0.05) is 17.5 Å². The molecule has 0 saturated carbocycles. The minimum atomic E-state index is -0.105. The summed E-state index contributed by atoms with van der Waals surface area (Å²) in [6, 6.07) is 29.2. The molecule has 4 heteroatoms. The fourth-order valence-electron chi connectivity index (χ4n) is 3.27. The van der Waals surface area contributed by atoms with E-state index >= 15 is 0 Å². The molecule has 26 heavy (non-hydrogen) atoms. The molecule has 0 spiro atoms. The highest BCUT2D eigenvalue weighted by molar-refractivity contribution is 7.79. The van der Waals surface area contributed by atoms with Crippen molar-refractivity contribution >= 4 is 29.1 Å². The van der Waals surface area contributed by atoms with Gasteiger partial charge in [-0.1, -0.05) is 85.0 Å². The molecule has 1 N–H and O–H groups in total. The molecule has 0 aromatic heterocycles. The summed E-state index contributed by atoms with van der Waals surface area (Å²) in [7, 11) is 0. The van der Waals surface area contributed by atoms with Crippen molar-refractivity contribution < 1.29 is 0 Å². The molecule has 128 valence electrons. The van der Waals surface area contributed by atoms with Crippen LogP contribution in [0, 0.1) is 0 Å². The Labute approximate surface area is 159 Å². The van der Waals surface area contributed by atoms with Gasteiger partial charge in [-0.15, -0.1) is 0 Å². The first-order chi connectivity index (χ1) is 12.9. The summed E-state index contributed by atoms with van der Waals surface area (Å²) in [4.78, 5) is 2.16. The van der Waals surface area contributed by atoms with E-state index in [9.17, 15) is 0 Å². The third-order valence-corrected chi connectivity index (χ3v) is 4.75. The van der Waals surface area contributed by atoms with Crippen molar-refractivity contribution in [2.75, 3.05) is 4.90 Å². The number of hydrazone groups is 1. The number of thiocarbonyl (C=S) groups is 1. The second-order valence-electron chi connectivity index (χ2n) is 6.14. The predicted octanol–water partition coefficient (Wildman–Crippen LogP) is 4.65. The van der Waals surface area contributed by atoms with Crippen molar-refractivity contribution in [1.82, 2.24) is 5.43 Å². The van der Waals surface area contributed by atoms with Crippen LogP contribution in [0.3, 0.4) is 0 Å². The maximum absolute atomic E-state index is 5.21. The Morgan fingerprint density at radius 2 is 1.54 bits per heavy atom. The molecule has 3 nitrogen and oxygen atoms in total. The molecule has 1 unspecified atom stereocenters. The molecule has 1 atom stereocenters. The highest BCUT2D eigenvalue weighted by Crippen LogP contribution is 2.27. The van der Waals surface area contributed by atoms with Gasteiger partial charge < -0.3 is 4.90 Å². The second kappa shape index (κ2) is 7.50. The third-order valence-electron chi connectivity index (χ3n) is 4.50. The van der Waals surface area contributed by atoms with Crippen molar-refractivity contribution in [3.05, 3.63) is 90.5 Å². The highest BCUT2D eigenvalue weighted by Gasteiger charge is 2.27. The SMILES string of the molecule is S=CC1NN=C(Cc2ccccc2-c2ccccc2)N1c1ccccc1. The van der Waals surface area contributed by atoms with E-state index < -0.39 is 0 Å². The number of amidine groups is 1.